The Balaban J connectivity index is 2.62. The SMILES string of the molecule is CCCNC(CCCS(=O)(=O)CC)c1ccc(Cl)cc1. The lowest BCUT2D eigenvalue weighted by molar-refractivity contribution is 0.492. The molecule has 0 fully saturated rings. The molecule has 5 heteroatoms. The predicted octanol–water partition coefficient (Wildman–Crippen LogP) is 3.60. The Morgan fingerprint density at radius 3 is 2.40 bits per heavy atom. The molecule has 3 nitrogen and oxygen atoms in total. The van der Waals surface area contributed by atoms with Crippen molar-refractivity contribution in [3.05, 3.63) is 34.9 Å². The van der Waals surface area contributed by atoms with Gasteiger partial charge in [-0.1, -0.05) is 37.6 Å². The Morgan fingerprint density at radius 2 is 1.85 bits per heavy atom. The van der Waals surface area contributed by atoms with Crippen LogP contribution in [0.25, 0.3) is 0 Å². The third kappa shape index (κ3) is 6.25. The van der Waals surface area contributed by atoms with Crippen LogP contribution < -0.4 is 5.32 Å². The first-order chi connectivity index (χ1) is 9.48. The van der Waals surface area contributed by atoms with Crippen molar-refractivity contribution < 1.29 is 8.42 Å². The predicted molar refractivity (Wildman–Crippen MR) is 86.0 cm³/mol. The molecule has 0 radical (unpaired) electrons. The van der Waals surface area contributed by atoms with Crippen molar-refractivity contribution in [1.29, 1.82) is 0 Å². The third-order valence-electron chi connectivity index (χ3n) is 3.30. The highest BCUT2D eigenvalue weighted by atomic mass is 35.5. The minimum absolute atomic E-state index is 0.194. The van der Waals surface area contributed by atoms with Crippen molar-refractivity contribution in [2.75, 3.05) is 18.1 Å². The third-order valence-corrected chi connectivity index (χ3v) is 5.34. The number of halogens is 1. The second-order valence-corrected chi connectivity index (χ2v) is 7.85. The largest absolute Gasteiger partial charge is 0.310 e. The summed E-state index contributed by atoms with van der Waals surface area (Å²) in [6.07, 6.45) is 2.55. The highest BCUT2D eigenvalue weighted by Gasteiger charge is 2.13. The summed E-state index contributed by atoms with van der Waals surface area (Å²) in [4.78, 5) is 0. The molecule has 0 saturated carbocycles. The summed E-state index contributed by atoms with van der Waals surface area (Å²) in [7, 11) is -2.87. The normalized spacial score (nSPS) is 13.3. The number of rotatable bonds is 9. The standard InChI is InChI=1S/C15H24ClNO2S/c1-3-11-17-15(6-5-12-20(18,19)4-2)13-7-9-14(16)10-8-13/h7-10,15,17H,3-6,11-12H2,1-2H3. The van der Waals surface area contributed by atoms with Crippen LogP contribution in [0.5, 0.6) is 0 Å². The molecule has 114 valence electrons. The van der Waals surface area contributed by atoms with E-state index in [1.807, 2.05) is 24.3 Å². The number of hydrogen-bond donors (Lipinski definition) is 1. The Bertz CT molecular complexity index is 485. The van der Waals surface area contributed by atoms with E-state index in [2.05, 4.69) is 12.2 Å². The van der Waals surface area contributed by atoms with E-state index in [4.69, 9.17) is 11.6 Å². The van der Waals surface area contributed by atoms with Crippen LogP contribution in [-0.2, 0) is 9.84 Å². The van der Waals surface area contributed by atoms with Gasteiger partial charge in [0.1, 0.15) is 9.84 Å². The van der Waals surface area contributed by atoms with Crippen LogP contribution in [-0.4, -0.2) is 26.5 Å². The van der Waals surface area contributed by atoms with Crippen molar-refractivity contribution >= 4 is 21.4 Å². The van der Waals surface area contributed by atoms with Crippen molar-refractivity contribution in [3.8, 4) is 0 Å². The molecule has 1 rings (SSSR count). The van der Waals surface area contributed by atoms with Gasteiger partial charge in [0.15, 0.2) is 0 Å². The van der Waals surface area contributed by atoms with Crippen molar-refractivity contribution in [1.82, 2.24) is 5.32 Å². The van der Waals surface area contributed by atoms with E-state index in [0.29, 0.717) is 6.42 Å². The monoisotopic (exact) mass is 317 g/mol. The summed E-state index contributed by atoms with van der Waals surface area (Å²) in [5.74, 6) is 0.488. The number of hydrogen-bond acceptors (Lipinski definition) is 3. The topological polar surface area (TPSA) is 46.2 Å². The van der Waals surface area contributed by atoms with Gasteiger partial charge in [-0.2, -0.15) is 0 Å². The van der Waals surface area contributed by atoms with E-state index < -0.39 is 9.84 Å². The maximum atomic E-state index is 11.5. The van der Waals surface area contributed by atoms with Crippen molar-refractivity contribution in [2.45, 2.75) is 39.2 Å². The minimum Gasteiger partial charge on any atom is -0.310 e. The zero-order valence-electron chi connectivity index (χ0n) is 12.2. The van der Waals surface area contributed by atoms with Crippen LogP contribution in [0.1, 0.15) is 44.7 Å². The lowest BCUT2D eigenvalue weighted by Crippen LogP contribution is -2.23. The number of nitrogens with one attached hydrogen (secondary N) is 1. The molecule has 0 bridgehead atoms. The first kappa shape index (κ1) is 17.5. The fourth-order valence-electron chi connectivity index (χ4n) is 2.05. The van der Waals surface area contributed by atoms with Gasteiger partial charge in [0, 0.05) is 16.8 Å². The number of benzene rings is 1. The fourth-order valence-corrected chi connectivity index (χ4v) is 3.07. The Hall–Kier alpha value is -0.580. The molecule has 0 aliphatic carbocycles. The summed E-state index contributed by atoms with van der Waals surface area (Å²) in [5, 5.41) is 4.19. The van der Waals surface area contributed by atoms with E-state index in [-0.39, 0.29) is 17.5 Å². The van der Waals surface area contributed by atoms with Crippen LogP contribution in [0.15, 0.2) is 24.3 Å². The van der Waals surface area contributed by atoms with Crippen LogP contribution in [0.3, 0.4) is 0 Å². The average Bonchev–Trinajstić information content (AvgIpc) is 2.43. The summed E-state index contributed by atoms with van der Waals surface area (Å²) in [6, 6.07) is 7.95. The Morgan fingerprint density at radius 1 is 1.20 bits per heavy atom. The van der Waals surface area contributed by atoms with Gasteiger partial charge in [0.25, 0.3) is 0 Å². The van der Waals surface area contributed by atoms with Gasteiger partial charge in [0.05, 0.1) is 5.75 Å². The molecule has 1 aromatic carbocycles. The van der Waals surface area contributed by atoms with Gasteiger partial charge in [0.2, 0.25) is 0 Å². The highest BCUT2D eigenvalue weighted by molar-refractivity contribution is 7.91. The zero-order valence-corrected chi connectivity index (χ0v) is 13.8. The van der Waals surface area contributed by atoms with E-state index in [1.54, 1.807) is 6.92 Å². The highest BCUT2D eigenvalue weighted by Crippen LogP contribution is 2.21. The lowest BCUT2D eigenvalue weighted by Gasteiger charge is -2.19. The second kappa shape index (κ2) is 8.65. The van der Waals surface area contributed by atoms with Crippen LogP contribution in [0.4, 0.5) is 0 Å². The molecular formula is C15H24ClNO2S. The van der Waals surface area contributed by atoms with Gasteiger partial charge >= 0.3 is 0 Å². The molecule has 1 atom stereocenters. The first-order valence-corrected chi connectivity index (χ1v) is 9.37. The van der Waals surface area contributed by atoms with Gasteiger partial charge in [-0.25, -0.2) is 8.42 Å². The molecule has 20 heavy (non-hydrogen) atoms. The molecule has 0 heterocycles. The smallest absolute Gasteiger partial charge is 0.150 e. The first-order valence-electron chi connectivity index (χ1n) is 7.17. The van der Waals surface area contributed by atoms with Gasteiger partial charge in [-0.3, -0.25) is 0 Å². The number of sulfone groups is 1. The maximum absolute atomic E-state index is 11.5. The zero-order chi connectivity index (χ0) is 15.0. The van der Waals surface area contributed by atoms with E-state index in [9.17, 15) is 8.42 Å². The molecule has 0 aromatic heterocycles. The fraction of sp³-hybridized carbons (Fsp3) is 0.600. The Kier molecular flexibility index (Phi) is 7.56. The molecule has 0 aliphatic rings. The molecule has 1 N–H and O–H groups in total. The molecule has 0 saturated heterocycles. The molecule has 1 aromatic rings. The van der Waals surface area contributed by atoms with Crippen LogP contribution in [0, 0.1) is 0 Å². The van der Waals surface area contributed by atoms with Crippen molar-refractivity contribution in [2.24, 2.45) is 0 Å². The van der Waals surface area contributed by atoms with Crippen molar-refractivity contribution in [3.63, 3.8) is 0 Å². The van der Waals surface area contributed by atoms with E-state index in [0.717, 1.165) is 30.0 Å². The summed E-state index contributed by atoms with van der Waals surface area (Å²) >= 11 is 5.90. The van der Waals surface area contributed by atoms with E-state index in [1.165, 1.54) is 0 Å². The molecule has 1 unspecified atom stereocenters. The molecule has 0 amide bonds. The quantitative estimate of drug-likeness (QED) is 0.757. The van der Waals surface area contributed by atoms with Gasteiger partial charge in [-0.05, 0) is 43.5 Å². The molecular weight excluding hydrogens is 294 g/mol. The average molecular weight is 318 g/mol. The second-order valence-electron chi connectivity index (χ2n) is 4.94. The molecule has 0 aliphatic heterocycles. The summed E-state index contributed by atoms with van der Waals surface area (Å²) in [5.41, 5.74) is 1.16. The van der Waals surface area contributed by atoms with Gasteiger partial charge < -0.3 is 5.32 Å². The maximum Gasteiger partial charge on any atom is 0.150 e. The summed E-state index contributed by atoms with van der Waals surface area (Å²) < 4.78 is 23.1. The Labute approximate surface area is 127 Å². The molecule has 0 spiro atoms. The lowest BCUT2D eigenvalue weighted by atomic mass is 10.0. The van der Waals surface area contributed by atoms with Gasteiger partial charge in [-0.15, -0.1) is 0 Å². The van der Waals surface area contributed by atoms with Crippen LogP contribution >= 0.6 is 11.6 Å². The van der Waals surface area contributed by atoms with E-state index >= 15 is 0 Å². The summed E-state index contributed by atoms with van der Waals surface area (Å²) in [6.45, 7) is 4.74. The van der Waals surface area contributed by atoms with Crippen LogP contribution in [0.2, 0.25) is 5.02 Å². The minimum atomic E-state index is -2.87.